The second-order valence-electron chi connectivity index (χ2n) is 5.09. The third kappa shape index (κ3) is 2.31. The Labute approximate surface area is 116 Å². The number of carbonyl (C=O) groups is 1. The molecule has 1 aliphatic rings. The molecular weight excluding hydrogens is 257 g/mol. The predicted molar refractivity (Wildman–Crippen MR) is 72.5 cm³/mol. The minimum atomic E-state index is -0.252. The highest BCUT2D eigenvalue weighted by Gasteiger charge is 2.33. The van der Waals surface area contributed by atoms with Crippen molar-refractivity contribution >= 4 is 5.91 Å². The molecule has 1 amide bonds. The molecular formula is C15H16FN3O. The van der Waals surface area contributed by atoms with E-state index in [0.717, 1.165) is 29.9 Å². The summed E-state index contributed by atoms with van der Waals surface area (Å²) in [5, 5.41) is 0. The first-order chi connectivity index (χ1) is 9.65. The standard InChI is InChI=1S/C15H16FN3O/c1-10-13(18-9-17-10)8-15(20)19-7-6-14(19)11-2-4-12(16)5-3-11/h2-5,9,14H,6-8H2,1H3,(H,17,18). The van der Waals surface area contributed by atoms with Crippen LogP contribution in [0.4, 0.5) is 4.39 Å². The number of benzene rings is 1. The maximum Gasteiger partial charge on any atom is 0.229 e. The van der Waals surface area contributed by atoms with E-state index in [2.05, 4.69) is 9.97 Å². The Kier molecular flexibility index (Phi) is 3.26. The molecule has 1 unspecified atom stereocenters. The molecule has 0 radical (unpaired) electrons. The lowest BCUT2D eigenvalue weighted by Crippen LogP contribution is -2.45. The number of H-pyrrole nitrogens is 1. The van der Waals surface area contributed by atoms with Crippen molar-refractivity contribution in [1.82, 2.24) is 14.9 Å². The first-order valence-corrected chi connectivity index (χ1v) is 6.69. The van der Waals surface area contributed by atoms with Gasteiger partial charge in [-0.25, -0.2) is 9.37 Å². The summed E-state index contributed by atoms with van der Waals surface area (Å²) in [5.74, 6) is -0.182. The molecule has 0 saturated carbocycles. The number of imidazole rings is 1. The molecule has 0 spiro atoms. The topological polar surface area (TPSA) is 49.0 Å². The SMILES string of the molecule is Cc1[nH]cnc1CC(=O)N1CCC1c1ccc(F)cc1. The second-order valence-corrected chi connectivity index (χ2v) is 5.09. The molecule has 20 heavy (non-hydrogen) atoms. The van der Waals surface area contributed by atoms with Gasteiger partial charge < -0.3 is 9.88 Å². The quantitative estimate of drug-likeness (QED) is 0.933. The molecule has 104 valence electrons. The monoisotopic (exact) mass is 273 g/mol. The van der Waals surface area contributed by atoms with Gasteiger partial charge in [0.1, 0.15) is 5.82 Å². The van der Waals surface area contributed by atoms with E-state index < -0.39 is 0 Å². The maximum atomic E-state index is 12.9. The number of aromatic nitrogens is 2. The molecule has 1 saturated heterocycles. The van der Waals surface area contributed by atoms with Crippen molar-refractivity contribution in [1.29, 1.82) is 0 Å². The van der Waals surface area contributed by atoms with Gasteiger partial charge in [0, 0.05) is 12.2 Å². The molecule has 1 N–H and O–H groups in total. The molecule has 1 aromatic carbocycles. The van der Waals surface area contributed by atoms with Crippen molar-refractivity contribution in [3.63, 3.8) is 0 Å². The number of hydrogen-bond donors (Lipinski definition) is 1. The van der Waals surface area contributed by atoms with Crippen molar-refractivity contribution in [3.05, 3.63) is 53.4 Å². The summed E-state index contributed by atoms with van der Waals surface area (Å²) in [4.78, 5) is 21.3. The molecule has 2 aromatic rings. The number of amides is 1. The fourth-order valence-corrected chi connectivity index (χ4v) is 2.53. The van der Waals surface area contributed by atoms with Crippen molar-refractivity contribution in [2.24, 2.45) is 0 Å². The van der Waals surface area contributed by atoms with Crippen molar-refractivity contribution < 1.29 is 9.18 Å². The van der Waals surface area contributed by atoms with Gasteiger partial charge in [0.25, 0.3) is 0 Å². The number of aryl methyl sites for hydroxylation is 1. The van der Waals surface area contributed by atoms with Crippen molar-refractivity contribution in [3.8, 4) is 0 Å². The average molecular weight is 273 g/mol. The van der Waals surface area contributed by atoms with E-state index in [1.54, 1.807) is 18.5 Å². The van der Waals surface area contributed by atoms with E-state index in [1.807, 2.05) is 11.8 Å². The van der Waals surface area contributed by atoms with Gasteiger partial charge in [0.05, 0.1) is 24.5 Å². The van der Waals surface area contributed by atoms with Crippen LogP contribution >= 0.6 is 0 Å². The molecule has 1 atom stereocenters. The summed E-state index contributed by atoms with van der Waals surface area (Å²) in [5.41, 5.74) is 2.71. The summed E-state index contributed by atoms with van der Waals surface area (Å²) in [6.45, 7) is 2.66. The van der Waals surface area contributed by atoms with Gasteiger partial charge in [0.2, 0.25) is 5.91 Å². The third-order valence-corrected chi connectivity index (χ3v) is 3.85. The molecule has 2 heterocycles. The van der Waals surface area contributed by atoms with Crippen LogP contribution in [0.3, 0.4) is 0 Å². The zero-order valence-electron chi connectivity index (χ0n) is 11.3. The van der Waals surface area contributed by atoms with Gasteiger partial charge in [-0.05, 0) is 31.0 Å². The summed E-state index contributed by atoms with van der Waals surface area (Å²) < 4.78 is 12.9. The number of hydrogen-bond acceptors (Lipinski definition) is 2. The highest BCUT2D eigenvalue weighted by molar-refractivity contribution is 5.79. The van der Waals surface area contributed by atoms with Crippen LogP contribution in [0.5, 0.6) is 0 Å². The number of likely N-dealkylation sites (tertiary alicyclic amines) is 1. The van der Waals surface area contributed by atoms with E-state index >= 15 is 0 Å². The lowest BCUT2D eigenvalue weighted by Gasteiger charge is -2.41. The Bertz CT molecular complexity index is 620. The molecule has 1 fully saturated rings. The average Bonchev–Trinajstić information content (AvgIpc) is 2.76. The molecule has 5 heteroatoms. The van der Waals surface area contributed by atoms with Gasteiger partial charge in [0.15, 0.2) is 0 Å². The molecule has 0 bridgehead atoms. The van der Waals surface area contributed by atoms with E-state index in [-0.39, 0.29) is 17.8 Å². The fraction of sp³-hybridized carbons (Fsp3) is 0.333. The Morgan fingerprint density at radius 1 is 1.45 bits per heavy atom. The predicted octanol–water partition coefficient (Wildman–Crippen LogP) is 2.37. The van der Waals surface area contributed by atoms with Crippen LogP contribution in [0.2, 0.25) is 0 Å². The summed E-state index contributed by atoms with van der Waals surface area (Å²) in [6.07, 6.45) is 2.84. The van der Waals surface area contributed by atoms with Gasteiger partial charge in [-0.3, -0.25) is 4.79 Å². The van der Waals surface area contributed by atoms with E-state index in [9.17, 15) is 9.18 Å². The highest BCUT2D eigenvalue weighted by Crippen LogP contribution is 2.33. The lowest BCUT2D eigenvalue weighted by atomic mass is 9.94. The van der Waals surface area contributed by atoms with Gasteiger partial charge in [-0.15, -0.1) is 0 Å². The van der Waals surface area contributed by atoms with Gasteiger partial charge in [-0.1, -0.05) is 12.1 Å². The molecule has 0 aliphatic carbocycles. The molecule has 1 aromatic heterocycles. The number of aromatic amines is 1. The van der Waals surface area contributed by atoms with Crippen molar-refractivity contribution in [2.45, 2.75) is 25.8 Å². The van der Waals surface area contributed by atoms with E-state index in [4.69, 9.17) is 0 Å². The minimum Gasteiger partial charge on any atom is -0.348 e. The van der Waals surface area contributed by atoms with Crippen LogP contribution in [0.25, 0.3) is 0 Å². The van der Waals surface area contributed by atoms with Crippen LogP contribution in [-0.4, -0.2) is 27.3 Å². The van der Waals surface area contributed by atoms with Crippen LogP contribution < -0.4 is 0 Å². The first kappa shape index (κ1) is 12.8. The van der Waals surface area contributed by atoms with Gasteiger partial charge >= 0.3 is 0 Å². The Morgan fingerprint density at radius 3 is 2.75 bits per heavy atom. The Morgan fingerprint density at radius 2 is 2.20 bits per heavy atom. The number of halogens is 1. The van der Waals surface area contributed by atoms with Crippen molar-refractivity contribution in [2.75, 3.05) is 6.54 Å². The normalized spacial score (nSPS) is 17.9. The number of rotatable bonds is 3. The summed E-state index contributed by atoms with van der Waals surface area (Å²) in [6, 6.07) is 6.45. The number of nitrogens with zero attached hydrogens (tertiary/aromatic N) is 2. The first-order valence-electron chi connectivity index (χ1n) is 6.69. The van der Waals surface area contributed by atoms with E-state index in [1.165, 1.54) is 12.1 Å². The smallest absolute Gasteiger partial charge is 0.229 e. The van der Waals surface area contributed by atoms with Gasteiger partial charge in [-0.2, -0.15) is 0 Å². The largest absolute Gasteiger partial charge is 0.348 e. The fourth-order valence-electron chi connectivity index (χ4n) is 2.53. The van der Waals surface area contributed by atoms with Crippen LogP contribution in [0, 0.1) is 12.7 Å². The summed E-state index contributed by atoms with van der Waals surface area (Å²) >= 11 is 0. The van der Waals surface area contributed by atoms with E-state index in [0.29, 0.717) is 6.42 Å². The second kappa shape index (κ2) is 5.07. The molecule has 4 nitrogen and oxygen atoms in total. The summed E-state index contributed by atoms with van der Waals surface area (Å²) in [7, 11) is 0. The van der Waals surface area contributed by atoms with Crippen LogP contribution in [-0.2, 0) is 11.2 Å². The Balaban J connectivity index is 1.70. The van der Waals surface area contributed by atoms with Crippen LogP contribution in [0.15, 0.2) is 30.6 Å². The van der Waals surface area contributed by atoms with Crippen LogP contribution in [0.1, 0.15) is 29.4 Å². The minimum absolute atomic E-state index is 0.0702. The number of carbonyl (C=O) groups excluding carboxylic acids is 1. The molecule has 3 rings (SSSR count). The zero-order chi connectivity index (χ0) is 14.1. The third-order valence-electron chi connectivity index (χ3n) is 3.85. The Hall–Kier alpha value is -2.17. The maximum absolute atomic E-state index is 12.9. The molecule has 1 aliphatic heterocycles. The number of nitrogens with one attached hydrogen (secondary N) is 1. The lowest BCUT2D eigenvalue weighted by molar-refractivity contribution is -0.138. The highest BCUT2D eigenvalue weighted by atomic mass is 19.1. The zero-order valence-corrected chi connectivity index (χ0v) is 11.3.